The molecule has 1 aliphatic heterocycles. The molecule has 0 saturated carbocycles. The maximum absolute atomic E-state index is 12.5. The molecule has 0 atom stereocenters. The molecule has 0 radical (unpaired) electrons. The molecule has 4 heterocycles. The monoisotopic (exact) mass is 393 g/mol. The Morgan fingerprint density at radius 2 is 2.20 bits per heavy atom. The smallest absolute Gasteiger partial charge is 0.260 e. The van der Waals surface area contributed by atoms with Crippen molar-refractivity contribution in [1.29, 1.82) is 0 Å². The van der Waals surface area contributed by atoms with Gasteiger partial charge in [-0.2, -0.15) is 0 Å². The normalized spacial score (nSPS) is 15.0. The van der Waals surface area contributed by atoms with Crippen molar-refractivity contribution in [3.05, 3.63) is 33.2 Å². The first-order valence-electron chi connectivity index (χ1n) is 7.76. The van der Waals surface area contributed by atoms with Gasteiger partial charge in [0.2, 0.25) is 5.91 Å². The number of aromatic nitrogens is 2. The molecule has 0 bridgehead atoms. The number of carbonyl (C=O) groups is 1. The van der Waals surface area contributed by atoms with Crippen LogP contribution in [0.4, 0.5) is 0 Å². The van der Waals surface area contributed by atoms with Gasteiger partial charge >= 0.3 is 0 Å². The highest BCUT2D eigenvalue weighted by molar-refractivity contribution is 7.99. The van der Waals surface area contributed by atoms with Crippen molar-refractivity contribution in [3.8, 4) is 10.4 Å². The average molecular weight is 394 g/mol. The number of nitrogens with one attached hydrogen (secondary N) is 1. The molecular weight excluding hydrogens is 378 g/mol. The standard InChI is InChI=1S/C16H15N3O3S3/c20-12(19-3-5-22-6-4-19)9-25-16-17-14(21)13-10(8-24-15(13)18-16)11-2-1-7-23-11/h1-2,7-8H,3-6,9H2,(H,17,18,21). The van der Waals surface area contributed by atoms with E-state index in [0.29, 0.717) is 41.7 Å². The lowest BCUT2D eigenvalue weighted by Crippen LogP contribution is -2.41. The van der Waals surface area contributed by atoms with E-state index < -0.39 is 0 Å². The number of rotatable bonds is 4. The predicted octanol–water partition coefficient (Wildman–Crippen LogP) is 2.66. The number of nitrogens with zero attached hydrogens (tertiary/aromatic N) is 2. The second kappa shape index (κ2) is 7.28. The third-order valence-electron chi connectivity index (χ3n) is 3.91. The van der Waals surface area contributed by atoms with Crippen LogP contribution in [0.25, 0.3) is 20.7 Å². The van der Waals surface area contributed by atoms with Crippen LogP contribution < -0.4 is 5.56 Å². The van der Waals surface area contributed by atoms with Crippen LogP contribution in [-0.4, -0.2) is 52.8 Å². The summed E-state index contributed by atoms with van der Waals surface area (Å²) in [6, 6.07) is 3.96. The number of hydrogen-bond acceptors (Lipinski definition) is 7. The van der Waals surface area contributed by atoms with Crippen molar-refractivity contribution in [2.75, 3.05) is 32.1 Å². The SMILES string of the molecule is O=C(CSc1nc2scc(-c3cccs3)c2c(=O)[nH]1)N1CCOCC1. The summed E-state index contributed by atoms with van der Waals surface area (Å²) < 4.78 is 5.25. The lowest BCUT2D eigenvalue weighted by atomic mass is 10.2. The number of thioether (sulfide) groups is 1. The molecule has 0 unspecified atom stereocenters. The molecule has 0 aromatic carbocycles. The summed E-state index contributed by atoms with van der Waals surface area (Å²) in [6.45, 7) is 2.41. The van der Waals surface area contributed by atoms with Crippen LogP contribution in [0, 0.1) is 0 Å². The summed E-state index contributed by atoms with van der Waals surface area (Å²) in [7, 11) is 0. The molecule has 130 valence electrons. The Morgan fingerprint density at radius 3 is 2.96 bits per heavy atom. The van der Waals surface area contributed by atoms with E-state index in [1.54, 1.807) is 16.2 Å². The van der Waals surface area contributed by atoms with Crippen molar-refractivity contribution in [2.45, 2.75) is 5.16 Å². The minimum Gasteiger partial charge on any atom is -0.378 e. The Kier molecular flexibility index (Phi) is 4.89. The molecule has 1 saturated heterocycles. The van der Waals surface area contributed by atoms with E-state index in [1.807, 2.05) is 22.9 Å². The lowest BCUT2D eigenvalue weighted by molar-refractivity contribution is -0.132. The van der Waals surface area contributed by atoms with E-state index in [9.17, 15) is 9.59 Å². The molecule has 1 amide bonds. The molecule has 1 aliphatic rings. The molecule has 6 nitrogen and oxygen atoms in total. The maximum Gasteiger partial charge on any atom is 0.260 e. The van der Waals surface area contributed by atoms with E-state index in [-0.39, 0.29) is 17.2 Å². The van der Waals surface area contributed by atoms with Crippen LogP contribution >= 0.6 is 34.4 Å². The van der Waals surface area contributed by atoms with Gasteiger partial charge in [0.05, 0.1) is 24.4 Å². The highest BCUT2D eigenvalue weighted by Gasteiger charge is 2.18. The quantitative estimate of drug-likeness (QED) is 0.545. The molecule has 1 N–H and O–H groups in total. The summed E-state index contributed by atoms with van der Waals surface area (Å²) >= 11 is 4.32. The van der Waals surface area contributed by atoms with Crippen molar-refractivity contribution >= 4 is 50.6 Å². The van der Waals surface area contributed by atoms with E-state index in [1.165, 1.54) is 23.1 Å². The molecule has 0 aliphatic carbocycles. The Hall–Kier alpha value is -1.68. The van der Waals surface area contributed by atoms with Gasteiger partial charge in [-0.15, -0.1) is 22.7 Å². The largest absolute Gasteiger partial charge is 0.378 e. The van der Waals surface area contributed by atoms with Crippen molar-refractivity contribution in [2.24, 2.45) is 0 Å². The summed E-state index contributed by atoms with van der Waals surface area (Å²) in [5.74, 6) is 0.305. The number of thiophene rings is 2. The molecule has 3 aromatic heterocycles. The number of H-pyrrole nitrogens is 1. The van der Waals surface area contributed by atoms with Gasteiger partial charge < -0.3 is 14.6 Å². The lowest BCUT2D eigenvalue weighted by Gasteiger charge is -2.26. The molecule has 0 spiro atoms. The fourth-order valence-corrected chi connectivity index (χ4v) is 5.23. The van der Waals surface area contributed by atoms with Gasteiger partial charge in [-0.05, 0) is 11.4 Å². The zero-order valence-electron chi connectivity index (χ0n) is 13.2. The average Bonchev–Trinajstić information content (AvgIpc) is 3.29. The van der Waals surface area contributed by atoms with Crippen molar-refractivity contribution in [3.63, 3.8) is 0 Å². The number of morpholine rings is 1. The van der Waals surface area contributed by atoms with Crippen LogP contribution in [0.15, 0.2) is 32.8 Å². The summed E-state index contributed by atoms with van der Waals surface area (Å²) in [6.07, 6.45) is 0. The Bertz CT molecular complexity index is 943. The highest BCUT2D eigenvalue weighted by atomic mass is 32.2. The van der Waals surface area contributed by atoms with Crippen molar-refractivity contribution in [1.82, 2.24) is 14.9 Å². The van der Waals surface area contributed by atoms with Gasteiger partial charge in [0.15, 0.2) is 5.16 Å². The molecule has 25 heavy (non-hydrogen) atoms. The number of ether oxygens (including phenoxy) is 1. The molecule has 9 heteroatoms. The second-order valence-corrected chi connectivity index (χ2v) is 8.23. The molecule has 4 rings (SSSR count). The van der Waals surface area contributed by atoms with Gasteiger partial charge in [-0.3, -0.25) is 9.59 Å². The number of hydrogen-bond donors (Lipinski definition) is 1. The zero-order chi connectivity index (χ0) is 17.2. The third-order valence-corrected chi connectivity index (χ3v) is 6.54. The van der Waals surface area contributed by atoms with Gasteiger partial charge in [-0.1, -0.05) is 17.8 Å². The molecule has 3 aromatic rings. The van der Waals surface area contributed by atoms with Gasteiger partial charge in [0, 0.05) is 28.9 Å². The number of aromatic amines is 1. The Labute approximate surface area is 155 Å². The van der Waals surface area contributed by atoms with Gasteiger partial charge in [0.1, 0.15) is 4.83 Å². The molecular formula is C16H15N3O3S3. The summed E-state index contributed by atoms with van der Waals surface area (Å²) in [5, 5.41) is 5.06. The minimum absolute atomic E-state index is 0.0431. The summed E-state index contributed by atoms with van der Waals surface area (Å²) in [5.41, 5.74) is 0.765. The fourth-order valence-electron chi connectivity index (χ4n) is 2.64. The zero-order valence-corrected chi connectivity index (χ0v) is 15.6. The van der Waals surface area contributed by atoms with E-state index >= 15 is 0 Å². The number of carbonyl (C=O) groups excluding carboxylic acids is 1. The first-order chi connectivity index (χ1) is 12.2. The predicted molar refractivity (Wildman–Crippen MR) is 102 cm³/mol. The second-order valence-electron chi connectivity index (χ2n) is 5.46. The minimum atomic E-state index is -0.157. The number of fused-ring (bicyclic) bond motifs is 1. The van der Waals surface area contributed by atoms with Crippen LogP contribution in [0.1, 0.15) is 0 Å². The molecule has 1 fully saturated rings. The first-order valence-corrected chi connectivity index (χ1v) is 10.5. The number of amides is 1. The van der Waals surface area contributed by atoms with E-state index in [4.69, 9.17) is 4.74 Å². The fraction of sp³-hybridized carbons (Fsp3) is 0.312. The summed E-state index contributed by atoms with van der Waals surface area (Å²) in [4.78, 5) is 35.6. The Morgan fingerprint density at radius 1 is 1.36 bits per heavy atom. The Balaban J connectivity index is 1.53. The van der Waals surface area contributed by atoms with Gasteiger partial charge in [0.25, 0.3) is 5.56 Å². The topological polar surface area (TPSA) is 75.3 Å². The van der Waals surface area contributed by atoms with E-state index in [0.717, 1.165) is 10.4 Å². The van der Waals surface area contributed by atoms with Crippen LogP contribution in [0.3, 0.4) is 0 Å². The first kappa shape index (κ1) is 16.8. The van der Waals surface area contributed by atoms with Gasteiger partial charge in [-0.25, -0.2) is 4.98 Å². The van der Waals surface area contributed by atoms with Crippen LogP contribution in [0.5, 0.6) is 0 Å². The van der Waals surface area contributed by atoms with Crippen LogP contribution in [0.2, 0.25) is 0 Å². The third kappa shape index (κ3) is 3.50. The van der Waals surface area contributed by atoms with E-state index in [2.05, 4.69) is 9.97 Å². The maximum atomic E-state index is 12.5. The highest BCUT2D eigenvalue weighted by Crippen LogP contribution is 2.34. The van der Waals surface area contributed by atoms with Crippen LogP contribution in [-0.2, 0) is 9.53 Å². The van der Waals surface area contributed by atoms with Crippen molar-refractivity contribution < 1.29 is 9.53 Å².